The molecule has 3 fully saturated rings. The number of rotatable bonds is 7. The van der Waals surface area contributed by atoms with Gasteiger partial charge in [0.05, 0.1) is 28.8 Å². The van der Waals surface area contributed by atoms with Gasteiger partial charge in [-0.15, -0.1) is 0 Å². The van der Waals surface area contributed by atoms with Crippen LogP contribution in [0.25, 0.3) is 0 Å². The highest BCUT2D eigenvalue weighted by Crippen LogP contribution is 2.63. The van der Waals surface area contributed by atoms with Crippen LogP contribution >= 0.6 is 11.6 Å². The number of nitrogens with zero attached hydrogens (tertiary/aromatic N) is 1. The van der Waals surface area contributed by atoms with E-state index >= 15 is 0 Å². The Hall–Kier alpha value is -2.16. The van der Waals surface area contributed by atoms with Gasteiger partial charge < -0.3 is 24.8 Å². The van der Waals surface area contributed by atoms with Crippen molar-refractivity contribution < 1.29 is 29.0 Å². The number of aryl methyl sites for hydroxylation is 1. The minimum Gasteiger partial charge on any atom is -0.466 e. The molecule has 3 aliphatic heterocycles. The van der Waals surface area contributed by atoms with E-state index in [0.29, 0.717) is 30.0 Å². The molecule has 8 nitrogen and oxygen atoms in total. The maximum atomic E-state index is 13.6. The molecule has 4 rings (SSSR count). The van der Waals surface area contributed by atoms with Gasteiger partial charge in [-0.3, -0.25) is 14.4 Å². The lowest BCUT2D eigenvalue weighted by atomic mass is 9.66. The Kier molecular flexibility index (Phi) is 5.98. The lowest BCUT2D eigenvalue weighted by Gasteiger charge is -2.33. The molecule has 0 radical (unpaired) electrons. The number of fused-ring (bicyclic) bond motifs is 1. The fourth-order valence-electron chi connectivity index (χ4n) is 5.78. The van der Waals surface area contributed by atoms with E-state index in [1.54, 1.807) is 19.1 Å². The maximum Gasteiger partial charge on any atom is 0.312 e. The molecule has 3 aliphatic rings. The van der Waals surface area contributed by atoms with Gasteiger partial charge in [0.2, 0.25) is 11.8 Å². The molecule has 0 aliphatic carbocycles. The monoisotopic (exact) mass is 464 g/mol. The van der Waals surface area contributed by atoms with Crippen LogP contribution in [0.2, 0.25) is 5.02 Å². The second-order valence-corrected chi connectivity index (χ2v) is 9.42. The largest absolute Gasteiger partial charge is 0.466 e. The molecule has 2 bridgehead atoms. The van der Waals surface area contributed by atoms with Crippen LogP contribution in [0.3, 0.4) is 0 Å². The minimum atomic E-state index is -1.13. The second kappa shape index (κ2) is 8.32. The van der Waals surface area contributed by atoms with Crippen molar-refractivity contribution in [1.29, 1.82) is 0 Å². The van der Waals surface area contributed by atoms with E-state index in [9.17, 15) is 19.5 Å². The number of para-hydroxylation sites is 1. The van der Waals surface area contributed by atoms with E-state index in [1.807, 2.05) is 19.9 Å². The average molecular weight is 465 g/mol. The van der Waals surface area contributed by atoms with Gasteiger partial charge in [0.15, 0.2) is 0 Å². The van der Waals surface area contributed by atoms with Crippen molar-refractivity contribution in [3.8, 4) is 0 Å². The lowest BCUT2D eigenvalue weighted by molar-refractivity contribution is -0.159. The summed E-state index contributed by atoms with van der Waals surface area (Å²) >= 11 is 6.32. The number of benzene rings is 1. The number of carbonyl (C=O) groups is 3. The van der Waals surface area contributed by atoms with Crippen molar-refractivity contribution in [2.75, 3.05) is 25.1 Å². The Bertz CT molecular complexity index is 934. The summed E-state index contributed by atoms with van der Waals surface area (Å²) in [6.07, 6.45) is 1.33. The topological polar surface area (TPSA) is 105 Å². The number of nitrogens with one attached hydrogen (secondary N) is 1. The number of ether oxygens (including phenoxy) is 2. The van der Waals surface area contributed by atoms with E-state index in [0.717, 1.165) is 5.56 Å². The van der Waals surface area contributed by atoms with Crippen LogP contribution in [0.5, 0.6) is 0 Å². The van der Waals surface area contributed by atoms with Crippen LogP contribution in [0.4, 0.5) is 5.69 Å². The zero-order valence-corrected chi connectivity index (χ0v) is 19.3. The average Bonchev–Trinajstić information content (AvgIpc) is 3.30. The quantitative estimate of drug-likeness (QED) is 0.600. The van der Waals surface area contributed by atoms with Crippen molar-refractivity contribution in [2.45, 2.75) is 57.3 Å². The molecule has 1 aromatic carbocycles. The highest BCUT2D eigenvalue weighted by Gasteiger charge is 2.78. The molecular formula is C23H29ClN2O6. The number of amides is 2. The SMILES string of the molecule is CCOC(=O)[C@@H]1[C@H]2C(=O)N(CCCO)C(C(=O)Nc3c(C)cccc3Cl)C23CC[C@@]1(C)O3. The zero-order chi connectivity index (χ0) is 23.3. The summed E-state index contributed by atoms with van der Waals surface area (Å²) < 4.78 is 11.7. The van der Waals surface area contributed by atoms with Crippen molar-refractivity contribution in [3.05, 3.63) is 28.8 Å². The van der Waals surface area contributed by atoms with Crippen LogP contribution in [0, 0.1) is 18.8 Å². The first kappa shape index (κ1) is 23.0. The molecule has 5 atom stereocenters. The highest BCUT2D eigenvalue weighted by molar-refractivity contribution is 6.34. The second-order valence-electron chi connectivity index (χ2n) is 9.01. The first-order chi connectivity index (χ1) is 15.2. The Balaban J connectivity index is 1.74. The Morgan fingerprint density at radius 3 is 2.78 bits per heavy atom. The fourth-order valence-corrected chi connectivity index (χ4v) is 6.05. The Morgan fingerprint density at radius 2 is 2.12 bits per heavy atom. The first-order valence-electron chi connectivity index (χ1n) is 11.0. The standard InChI is InChI=1S/C23H29ClN2O6/c1-4-31-21(30)16-15-20(29)26(11-6-12-27)18(23(15)10-9-22(16,3)32-23)19(28)25-17-13(2)7-5-8-14(17)24/h5,7-8,15-16,18,27H,4,6,9-12H2,1-3H3,(H,25,28)/t15-,16-,18?,22+,23?/m0/s1. The lowest BCUT2D eigenvalue weighted by Crippen LogP contribution is -2.53. The summed E-state index contributed by atoms with van der Waals surface area (Å²) in [6, 6.07) is 4.37. The predicted octanol–water partition coefficient (Wildman–Crippen LogP) is 2.30. The fraction of sp³-hybridized carbons (Fsp3) is 0.609. The Labute approximate surface area is 192 Å². The third-order valence-electron chi connectivity index (χ3n) is 7.09. The summed E-state index contributed by atoms with van der Waals surface area (Å²) in [5.41, 5.74) is -0.722. The van der Waals surface area contributed by atoms with E-state index < -0.39 is 41.0 Å². The molecule has 1 spiro atoms. The molecular weight excluding hydrogens is 436 g/mol. The van der Waals surface area contributed by atoms with Crippen LogP contribution in [-0.4, -0.2) is 64.8 Å². The number of aliphatic hydroxyl groups is 1. The smallest absolute Gasteiger partial charge is 0.312 e. The number of halogens is 1. The van der Waals surface area contributed by atoms with Gasteiger partial charge in [-0.25, -0.2) is 0 Å². The van der Waals surface area contributed by atoms with Crippen LogP contribution in [0.15, 0.2) is 18.2 Å². The molecule has 1 aromatic rings. The molecule has 3 saturated heterocycles. The van der Waals surface area contributed by atoms with Crippen LogP contribution < -0.4 is 5.32 Å². The molecule has 2 amide bonds. The first-order valence-corrected chi connectivity index (χ1v) is 11.4. The normalized spacial score (nSPS) is 32.8. The number of likely N-dealkylation sites (tertiary alicyclic amines) is 1. The number of carbonyl (C=O) groups excluding carboxylic acids is 3. The van der Waals surface area contributed by atoms with Gasteiger partial charge in [-0.2, -0.15) is 0 Å². The number of esters is 1. The zero-order valence-electron chi connectivity index (χ0n) is 18.5. The minimum absolute atomic E-state index is 0.126. The number of hydrogen-bond acceptors (Lipinski definition) is 6. The molecule has 2 unspecified atom stereocenters. The van der Waals surface area contributed by atoms with Gasteiger partial charge in [-0.1, -0.05) is 23.7 Å². The summed E-state index contributed by atoms with van der Waals surface area (Å²) in [4.78, 5) is 41.6. The molecule has 0 aromatic heterocycles. The van der Waals surface area contributed by atoms with Crippen molar-refractivity contribution >= 4 is 35.1 Å². The van der Waals surface area contributed by atoms with Crippen LogP contribution in [0.1, 0.15) is 38.7 Å². The van der Waals surface area contributed by atoms with E-state index in [1.165, 1.54) is 4.90 Å². The van der Waals surface area contributed by atoms with Crippen molar-refractivity contribution in [2.24, 2.45) is 11.8 Å². The molecule has 2 N–H and O–H groups in total. The van der Waals surface area contributed by atoms with Gasteiger partial charge in [0.1, 0.15) is 17.6 Å². The number of aliphatic hydroxyl groups excluding tert-OH is 1. The maximum absolute atomic E-state index is 13.6. The summed E-state index contributed by atoms with van der Waals surface area (Å²) in [5, 5.41) is 12.7. The van der Waals surface area contributed by atoms with Crippen molar-refractivity contribution in [1.82, 2.24) is 4.90 Å². The molecule has 9 heteroatoms. The molecule has 0 saturated carbocycles. The molecule has 32 heavy (non-hydrogen) atoms. The summed E-state index contributed by atoms with van der Waals surface area (Å²) in [7, 11) is 0. The van der Waals surface area contributed by atoms with Gasteiger partial charge in [-0.05, 0) is 51.7 Å². The summed E-state index contributed by atoms with van der Waals surface area (Å²) in [5.74, 6) is -2.78. The third-order valence-corrected chi connectivity index (χ3v) is 7.41. The summed E-state index contributed by atoms with van der Waals surface area (Å²) in [6.45, 7) is 5.63. The van der Waals surface area contributed by atoms with Gasteiger partial charge in [0, 0.05) is 13.2 Å². The van der Waals surface area contributed by atoms with Gasteiger partial charge >= 0.3 is 5.97 Å². The molecule has 3 heterocycles. The van der Waals surface area contributed by atoms with E-state index in [4.69, 9.17) is 21.1 Å². The van der Waals surface area contributed by atoms with Gasteiger partial charge in [0.25, 0.3) is 0 Å². The van der Waals surface area contributed by atoms with Crippen molar-refractivity contribution in [3.63, 3.8) is 0 Å². The van der Waals surface area contributed by atoms with E-state index in [2.05, 4.69) is 5.32 Å². The van der Waals surface area contributed by atoms with Crippen LogP contribution in [-0.2, 0) is 23.9 Å². The predicted molar refractivity (Wildman–Crippen MR) is 117 cm³/mol. The highest BCUT2D eigenvalue weighted by atomic mass is 35.5. The third kappa shape index (κ3) is 3.31. The van der Waals surface area contributed by atoms with E-state index in [-0.39, 0.29) is 25.7 Å². The number of anilines is 1. The molecule has 174 valence electrons. The Morgan fingerprint density at radius 1 is 1.38 bits per heavy atom. The number of hydrogen-bond donors (Lipinski definition) is 2.